The van der Waals surface area contributed by atoms with Gasteiger partial charge in [-0.05, 0) is 44.9 Å². The number of ether oxygens (including phenoxy) is 2. The van der Waals surface area contributed by atoms with E-state index >= 15 is 0 Å². The lowest BCUT2D eigenvalue weighted by molar-refractivity contribution is -0.870. The van der Waals surface area contributed by atoms with Crippen LogP contribution in [0.3, 0.4) is 0 Å². The number of hydrogen-bond donors (Lipinski definition) is 1. The van der Waals surface area contributed by atoms with Crippen molar-refractivity contribution < 1.29 is 42.1 Å². The van der Waals surface area contributed by atoms with Gasteiger partial charge in [-0.25, -0.2) is 4.57 Å². The Hall–Kier alpha value is -1.51. The summed E-state index contributed by atoms with van der Waals surface area (Å²) in [5.74, 6) is -0.803. The Morgan fingerprint density at radius 3 is 1.33 bits per heavy atom. The minimum atomic E-state index is -4.38. The fraction of sp³-hybridized carbons (Fsp3) is 0.882. The van der Waals surface area contributed by atoms with Crippen LogP contribution < -0.4 is 0 Å². The van der Waals surface area contributed by atoms with Gasteiger partial charge in [0.25, 0.3) is 0 Å². The Morgan fingerprint density at radius 1 is 0.508 bits per heavy atom. The number of allylic oxidation sites excluding steroid dienone is 4. The molecule has 0 amide bonds. The number of phosphoric acid groups is 1. The minimum absolute atomic E-state index is 0.0315. The fourth-order valence-corrected chi connectivity index (χ4v) is 7.96. The van der Waals surface area contributed by atoms with Gasteiger partial charge in [0.15, 0.2) is 6.10 Å². The number of hydrogen-bond acceptors (Lipinski definition) is 7. The predicted octanol–water partition coefficient (Wildman–Crippen LogP) is 15.1. The van der Waals surface area contributed by atoms with Gasteiger partial charge in [-0.2, -0.15) is 0 Å². The molecule has 9 nitrogen and oxygen atoms in total. The summed E-state index contributed by atoms with van der Waals surface area (Å²) in [7, 11) is 1.48. The first-order valence-electron chi connectivity index (χ1n) is 25.6. The van der Waals surface area contributed by atoms with E-state index in [2.05, 4.69) is 38.2 Å². The first kappa shape index (κ1) is 59.5. The molecule has 0 aromatic heterocycles. The highest BCUT2D eigenvalue weighted by molar-refractivity contribution is 7.47. The van der Waals surface area contributed by atoms with Crippen molar-refractivity contribution in [2.45, 2.75) is 245 Å². The van der Waals surface area contributed by atoms with E-state index in [1.165, 1.54) is 148 Å². The Bertz CT molecular complexity index is 1090. The van der Waals surface area contributed by atoms with Crippen molar-refractivity contribution >= 4 is 19.8 Å². The highest BCUT2D eigenvalue weighted by atomic mass is 31.2. The molecule has 0 fully saturated rings. The molecule has 10 heteroatoms. The molecule has 0 aliphatic heterocycles. The molecule has 0 saturated carbocycles. The van der Waals surface area contributed by atoms with Crippen LogP contribution in [0.5, 0.6) is 0 Å². The van der Waals surface area contributed by atoms with Gasteiger partial charge < -0.3 is 18.9 Å². The molecular weight excluding hydrogens is 786 g/mol. The van der Waals surface area contributed by atoms with E-state index in [9.17, 15) is 19.0 Å². The van der Waals surface area contributed by atoms with Crippen LogP contribution in [-0.4, -0.2) is 74.9 Å². The van der Waals surface area contributed by atoms with Gasteiger partial charge in [-0.3, -0.25) is 18.6 Å². The van der Waals surface area contributed by atoms with Crippen LogP contribution in [0.4, 0.5) is 0 Å². The number of rotatable bonds is 47. The summed E-state index contributed by atoms with van der Waals surface area (Å²) in [6.07, 6.45) is 49.4. The molecule has 0 rings (SSSR count). The number of quaternary nitrogens is 1. The van der Waals surface area contributed by atoms with Crippen molar-refractivity contribution in [1.82, 2.24) is 0 Å². The molecule has 0 aliphatic carbocycles. The van der Waals surface area contributed by atoms with Crippen molar-refractivity contribution in [3.8, 4) is 0 Å². The van der Waals surface area contributed by atoms with Crippen LogP contribution >= 0.6 is 7.82 Å². The highest BCUT2D eigenvalue weighted by Gasteiger charge is 2.27. The summed E-state index contributed by atoms with van der Waals surface area (Å²) in [5, 5.41) is 0. The normalized spacial score (nSPS) is 13.6. The second-order valence-corrected chi connectivity index (χ2v) is 20.0. The van der Waals surface area contributed by atoms with E-state index in [1.807, 2.05) is 21.1 Å². The quantitative estimate of drug-likeness (QED) is 0.0212. The van der Waals surface area contributed by atoms with Crippen molar-refractivity contribution in [2.24, 2.45) is 0 Å². The molecule has 0 aromatic rings. The molecule has 2 atom stereocenters. The number of esters is 2. The number of nitrogens with zero attached hydrogens (tertiary/aromatic N) is 1. The third-order valence-electron chi connectivity index (χ3n) is 11.2. The van der Waals surface area contributed by atoms with Crippen molar-refractivity contribution in [2.75, 3.05) is 47.5 Å². The van der Waals surface area contributed by atoms with Crippen LogP contribution in [0.25, 0.3) is 0 Å². The first-order valence-corrected chi connectivity index (χ1v) is 27.1. The second kappa shape index (κ2) is 43.7. The molecule has 0 aliphatic rings. The Kier molecular flexibility index (Phi) is 42.6. The largest absolute Gasteiger partial charge is 0.472 e. The second-order valence-electron chi connectivity index (χ2n) is 18.6. The summed E-state index contributed by atoms with van der Waals surface area (Å²) >= 11 is 0. The molecule has 0 aromatic carbocycles. The maximum absolute atomic E-state index is 12.8. The maximum Gasteiger partial charge on any atom is 0.472 e. The standard InChI is InChI=1S/C51H98NO8P/c1-6-8-10-12-14-16-18-20-22-23-24-25-26-27-28-30-32-34-36-38-40-42-44-51(54)60-49(48-59-61(55,56)58-46-45-52(3,4)5)47-57-50(53)43-41-39-37-35-33-31-29-21-19-17-15-13-11-9-7-2/h15,17,21,29,49H,6-14,16,18-20,22-28,30-48H2,1-5H3/p+1/b17-15+,29-21+/t49-/m1/s1. The van der Waals surface area contributed by atoms with E-state index in [-0.39, 0.29) is 32.0 Å². The minimum Gasteiger partial charge on any atom is -0.462 e. The topological polar surface area (TPSA) is 108 Å². The average molecular weight is 885 g/mol. The summed E-state index contributed by atoms with van der Waals surface area (Å²) in [6, 6.07) is 0. The number of carbonyl (C=O) groups is 2. The van der Waals surface area contributed by atoms with Crippen LogP contribution in [-0.2, 0) is 32.7 Å². The molecule has 0 heterocycles. The van der Waals surface area contributed by atoms with Gasteiger partial charge in [0.2, 0.25) is 0 Å². The van der Waals surface area contributed by atoms with Gasteiger partial charge in [0.05, 0.1) is 27.7 Å². The summed E-state index contributed by atoms with van der Waals surface area (Å²) in [5.41, 5.74) is 0. The molecule has 1 N–H and O–H groups in total. The van der Waals surface area contributed by atoms with E-state index < -0.39 is 26.5 Å². The summed E-state index contributed by atoms with van der Waals surface area (Å²) < 4.78 is 34.4. The van der Waals surface area contributed by atoms with Gasteiger partial charge in [0.1, 0.15) is 19.8 Å². The van der Waals surface area contributed by atoms with E-state index in [4.69, 9.17) is 18.5 Å². The molecule has 0 spiro atoms. The maximum atomic E-state index is 12.8. The zero-order valence-electron chi connectivity index (χ0n) is 40.7. The molecule has 360 valence electrons. The molecule has 61 heavy (non-hydrogen) atoms. The third kappa shape index (κ3) is 47.8. The van der Waals surface area contributed by atoms with Gasteiger partial charge in [-0.15, -0.1) is 0 Å². The zero-order valence-corrected chi connectivity index (χ0v) is 41.6. The highest BCUT2D eigenvalue weighted by Crippen LogP contribution is 2.43. The molecule has 0 saturated heterocycles. The van der Waals surface area contributed by atoms with E-state index in [0.29, 0.717) is 17.4 Å². The van der Waals surface area contributed by atoms with Gasteiger partial charge in [0, 0.05) is 12.8 Å². The van der Waals surface area contributed by atoms with Gasteiger partial charge >= 0.3 is 19.8 Å². The van der Waals surface area contributed by atoms with Crippen LogP contribution in [0.1, 0.15) is 239 Å². The Labute approximate surface area is 377 Å². The average Bonchev–Trinajstić information content (AvgIpc) is 3.21. The lowest BCUT2D eigenvalue weighted by Crippen LogP contribution is -2.37. The zero-order chi connectivity index (χ0) is 45.0. The van der Waals surface area contributed by atoms with Crippen LogP contribution in [0, 0.1) is 0 Å². The predicted molar refractivity (Wildman–Crippen MR) is 257 cm³/mol. The summed E-state index contributed by atoms with van der Waals surface area (Å²) in [6.45, 7) is 4.42. The van der Waals surface area contributed by atoms with Gasteiger partial charge in [-0.1, -0.05) is 205 Å². The van der Waals surface area contributed by atoms with Crippen molar-refractivity contribution in [1.29, 1.82) is 0 Å². The SMILES string of the molecule is CCCCC/C=C/C/C=C/CCCCCCCC(=O)OC[C@H](COP(=O)(O)OCC[N+](C)(C)C)OC(=O)CCCCCCCCCCCCCCCCCCCCCCCC. The Balaban J connectivity index is 4.21. The molecule has 0 radical (unpaired) electrons. The lowest BCUT2D eigenvalue weighted by Gasteiger charge is -2.24. The van der Waals surface area contributed by atoms with E-state index in [1.54, 1.807) is 0 Å². The summed E-state index contributed by atoms with van der Waals surface area (Å²) in [4.78, 5) is 35.5. The lowest BCUT2D eigenvalue weighted by atomic mass is 10.0. The number of carbonyl (C=O) groups excluding carboxylic acids is 2. The number of phosphoric ester groups is 1. The molecule has 0 bridgehead atoms. The van der Waals surface area contributed by atoms with E-state index in [0.717, 1.165) is 57.8 Å². The number of likely N-dealkylation sites (N-methyl/N-ethyl adjacent to an activating group) is 1. The first-order chi connectivity index (χ1) is 29.5. The monoisotopic (exact) mass is 885 g/mol. The smallest absolute Gasteiger partial charge is 0.462 e. The van der Waals surface area contributed by atoms with Crippen molar-refractivity contribution in [3.63, 3.8) is 0 Å². The molecule has 1 unspecified atom stereocenters. The fourth-order valence-electron chi connectivity index (χ4n) is 7.22. The molecular formula is C51H99NO8P+. The van der Waals surface area contributed by atoms with Crippen LogP contribution in [0.2, 0.25) is 0 Å². The Morgan fingerprint density at radius 2 is 0.885 bits per heavy atom. The number of unbranched alkanes of at least 4 members (excludes halogenated alkanes) is 29. The van der Waals surface area contributed by atoms with Crippen LogP contribution in [0.15, 0.2) is 24.3 Å². The third-order valence-corrected chi connectivity index (χ3v) is 12.2. The van der Waals surface area contributed by atoms with Crippen molar-refractivity contribution in [3.05, 3.63) is 24.3 Å².